The van der Waals surface area contributed by atoms with Gasteiger partial charge in [0.15, 0.2) is 0 Å². The van der Waals surface area contributed by atoms with Crippen molar-refractivity contribution >= 4 is 15.9 Å². The molecule has 1 aliphatic carbocycles. The average Bonchev–Trinajstić information content (AvgIpc) is 2.33. The third-order valence-electron chi connectivity index (χ3n) is 3.81. The monoisotopic (exact) mass is 313 g/mol. The first-order valence-electron chi connectivity index (χ1n) is 6.33. The molecule has 0 aromatic heterocycles. The van der Waals surface area contributed by atoms with Crippen LogP contribution in [0.2, 0.25) is 0 Å². The molecule has 1 aromatic carbocycles. The molecule has 0 heterocycles. The summed E-state index contributed by atoms with van der Waals surface area (Å²) >= 11 is 3.47. The van der Waals surface area contributed by atoms with Gasteiger partial charge in [0.1, 0.15) is 5.75 Å². The Balaban J connectivity index is 1.91. The van der Waals surface area contributed by atoms with E-state index in [1.807, 2.05) is 12.1 Å². The van der Waals surface area contributed by atoms with Crippen molar-refractivity contribution in [1.82, 2.24) is 5.32 Å². The maximum atomic E-state index is 9.41. The van der Waals surface area contributed by atoms with Crippen LogP contribution in [-0.4, -0.2) is 25.4 Å². The van der Waals surface area contributed by atoms with Gasteiger partial charge in [-0.25, -0.2) is 0 Å². The molecule has 1 aliphatic rings. The summed E-state index contributed by atoms with van der Waals surface area (Å²) in [6.07, 6.45) is 3.50. The maximum absolute atomic E-state index is 9.41. The number of hydrogen-bond donors (Lipinski definition) is 2. The van der Waals surface area contributed by atoms with E-state index in [1.165, 1.54) is 6.42 Å². The Bertz CT molecular complexity index is 399. The molecular weight excluding hydrogens is 294 g/mol. The average molecular weight is 314 g/mol. The van der Waals surface area contributed by atoms with E-state index >= 15 is 0 Å². The number of methoxy groups -OCH3 is 1. The van der Waals surface area contributed by atoms with E-state index in [9.17, 15) is 5.11 Å². The van der Waals surface area contributed by atoms with Gasteiger partial charge in [-0.3, -0.25) is 0 Å². The van der Waals surface area contributed by atoms with Crippen LogP contribution in [0.1, 0.15) is 24.8 Å². The summed E-state index contributed by atoms with van der Waals surface area (Å²) in [6.45, 7) is 1.93. The zero-order chi connectivity index (χ0) is 13.0. The molecule has 0 saturated heterocycles. The first kappa shape index (κ1) is 13.8. The molecule has 0 aliphatic heterocycles. The normalized spacial score (nSPS) is 17.3. The van der Waals surface area contributed by atoms with Gasteiger partial charge in [-0.2, -0.15) is 0 Å². The summed E-state index contributed by atoms with van der Waals surface area (Å²) in [7, 11) is 1.69. The molecule has 3 nitrogen and oxygen atoms in total. The first-order valence-corrected chi connectivity index (χ1v) is 7.12. The fourth-order valence-electron chi connectivity index (χ4n) is 2.42. The molecule has 4 heteroatoms. The molecule has 1 fully saturated rings. The van der Waals surface area contributed by atoms with Crippen LogP contribution in [0.25, 0.3) is 0 Å². The molecule has 2 rings (SSSR count). The van der Waals surface area contributed by atoms with E-state index in [0.717, 1.165) is 41.7 Å². The molecule has 0 bridgehead atoms. The number of aliphatic hydroxyl groups is 1. The van der Waals surface area contributed by atoms with Crippen molar-refractivity contribution in [3.05, 3.63) is 28.2 Å². The quantitative estimate of drug-likeness (QED) is 0.848. The smallest absolute Gasteiger partial charge is 0.123 e. The third-order valence-corrected chi connectivity index (χ3v) is 4.30. The fraction of sp³-hybridized carbons (Fsp3) is 0.571. The zero-order valence-electron chi connectivity index (χ0n) is 10.7. The Hall–Kier alpha value is -0.580. The summed E-state index contributed by atoms with van der Waals surface area (Å²) < 4.78 is 6.40. The third kappa shape index (κ3) is 3.05. The number of benzene rings is 1. The fourth-order valence-corrected chi connectivity index (χ4v) is 2.82. The predicted octanol–water partition coefficient (Wildman–Crippen LogP) is 2.71. The summed E-state index contributed by atoms with van der Waals surface area (Å²) in [5.74, 6) is 0.900. The molecule has 1 saturated carbocycles. The number of ether oxygens (including phenoxy) is 1. The van der Waals surface area contributed by atoms with E-state index in [0.29, 0.717) is 0 Å². The Morgan fingerprint density at radius 1 is 1.44 bits per heavy atom. The minimum Gasteiger partial charge on any atom is -0.496 e. The zero-order valence-corrected chi connectivity index (χ0v) is 12.3. The number of hydrogen-bond acceptors (Lipinski definition) is 3. The van der Waals surface area contributed by atoms with E-state index in [-0.39, 0.29) is 12.0 Å². The van der Waals surface area contributed by atoms with Gasteiger partial charge < -0.3 is 15.2 Å². The molecule has 1 aromatic rings. The van der Waals surface area contributed by atoms with Crippen LogP contribution in [0.3, 0.4) is 0 Å². The van der Waals surface area contributed by atoms with Crippen LogP contribution in [0.5, 0.6) is 5.75 Å². The van der Waals surface area contributed by atoms with Gasteiger partial charge in [0.05, 0.1) is 7.11 Å². The van der Waals surface area contributed by atoms with Crippen molar-refractivity contribution in [3.8, 4) is 5.75 Å². The Morgan fingerprint density at radius 2 is 2.22 bits per heavy atom. The number of halogens is 1. The van der Waals surface area contributed by atoms with E-state index < -0.39 is 0 Å². The van der Waals surface area contributed by atoms with Crippen molar-refractivity contribution in [2.24, 2.45) is 5.41 Å². The molecule has 2 N–H and O–H groups in total. The Kier molecular flexibility index (Phi) is 4.65. The summed E-state index contributed by atoms with van der Waals surface area (Å²) in [5.41, 5.74) is 1.26. The largest absolute Gasteiger partial charge is 0.496 e. The van der Waals surface area contributed by atoms with Crippen LogP contribution in [0.15, 0.2) is 22.7 Å². The number of aliphatic hydroxyl groups excluding tert-OH is 1. The van der Waals surface area contributed by atoms with Crippen molar-refractivity contribution in [1.29, 1.82) is 0 Å². The lowest BCUT2D eigenvalue weighted by molar-refractivity contribution is 0.0444. The molecule has 0 atom stereocenters. The van der Waals surface area contributed by atoms with Gasteiger partial charge in [0.25, 0.3) is 0 Å². The highest BCUT2D eigenvalue weighted by Crippen LogP contribution is 2.39. The second kappa shape index (κ2) is 6.04. The van der Waals surface area contributed by atoms with Crippen LogP contribution >= 0.6 is 15.9 Å². The number of rotatable bonds is 6. The molecule has 0 unspecified atom stereocenters. The lowest BCUT2D eigenvalue weighted by Gasteiger charge is -2.40. The maximum Gasteiger partial charge on any atom is 0.123 e. The molecule has 0 spiro atoms. The summed E-state index contributed by atoms with van der Waals surface area (Å²) in [6, 6.07) is 6.01. The van der Waals surface area contributed by atoms with E-state index in [1.54, 1.807) is 7.11 Å². The molecule has 100 valence electrons. The van der Waals surface area contributed by atoms with Gasteiger partial charge in [-0.05, 0) is 31.0 Å². The van der Waals surface area contributed by atoms with Gasteiger partial charge >= 0.3 is 0 Å². The summed E-state index contributed by atoms with van der Waals surface area (Å²) in [5, 5.41) is 12.8. The number of nitrogens with one attached hydrogen (secondary N) is 1. The van der Waals surface area contributed by atoms with Crippen molar-refractivity contribution < 1.29 is 9.84 Å². The van der Waals surface area contributed by atoms with Crippen LogP contribution in [0.4, 0.5) is 0 Å². The minimum absolute atomic E-state index is 0.124. The van der Waals surface area contributed by atoms with Gasteiger partial charge in [-0.15, -0.1) is 0 Å². The lowest BCUT2D eigenvalue weighted by Crippen LogP contribution is -2.42. The minimum atomic E-state index is 0.124. The van der Waals surface area contributed by atoms with Crippen LogP contribution in [0, 0.1) is 5.41 Å². The molecule has 0 radical (unpaired) electrons. The molecule has 0 amide bonds. The predicted molar refractivity (Wildman–Crippen MR) is 75.8 cm³/mol. The molecule has 18 heavy (non-hydrogen) atoms. The standard InChI is InChI=1S/C14H20BrNO2/c1-18-13-4-3-12(15)7-11(13)8-16-9-14(10-17)5-2-6-14/h3-4,7,16-17H,2,5-6,8-10H2,1H3. The SMILES string of the molecule is COc1ccc(Br)cc1CNCC1(CO)CCC1. The molecular formula is C14H20BrNO2. The second-order valence-electron chi connectivity index (χ2n) is 5.07. The van der Waals surface area contributed by atoms with Gasteiger partial charge in [0.2, 0.25) is 0 Å². The first-order chi connectivity index (χ1) is 8.69. The highest BCUT2D eigenvalue weighted by atomic mass is 79.9. The van der Waals surface area contributed by atoms with E-state index in [4.69, 9.17) is 4.74 Å². The van der Waals surface area contributed by atoms with Gasteiger partial charge in [-0.1, -0.05) is 22.4 Å². The highest BCUT2D eigenvalue weighted by Gasteiger charge is 2.35. The van der Waals surface area contributed by atoms with Gasteiger partial charge in [0, 0.05) is 35.1 Å². The lowest BCUT2D eigenvalue weighted by atomic mass is 9.69. The Labute approximate surface area is 117 Å². The Morgan fingerprint density at radius 3 is 2.78 bits per heavy atom. The second-order valence-corrected chi connectivity index (χ2v) is 5.99. The van der Waals surface area contributed by atoms with E-state index in [2.05, 4.69) is 27.3 Å². The van der Waals surface area contributed by atoms with Crippen LogP contribution in [-0.2, 0) is 6.54 Å². The van der Waals surface area contributed by atoms with Crippen molar-refractivity contribution in [3.63, 3.8) is 0 Å². The van der Waals surface area contributed by atoms with Crippen molar-refractivity contribution in [2.75, 3.05) is 20.3 Å². The van der Waals surface area contributed by atoms with Crippen molar-refractivity contribution in [2.45, 2.75) is 25.8 Å². The van der Waals surface area contributed by atoms with Crippen LogP contribution < -0.4 is 10.1 Å². The topological polar surface area (TPSA) is 41.5 Å². The summed E-state index contributed by atoms with van der Waals surface area (Å²) in [4.78, 5) is 0. The highest BCUT2D eigenvalue weighted by molar-refractivity contribution is 9.10.